The van der Waals surface area contributed by atoms with E-state index in [1.165, 1.54) is 22.3 Å². The van der Waals surface area contributed by atoms with Gasteiger partial charge in [-0.2, -0.15) is 0 Å². The van der Waals surface area contributed by atoms with Crippen LogP contribution < -0.4 is 24.8 Å². The quantitative estimate of drug-likeness (QED) is 0.562. The first-order chi connectivity index (χ1) is 12.5. The molecule has 156 valence electrons. The Bertz CT molecular complexity index is 760. The zero-order valence-corrected chi connectivity index (χ0v) is 23.7. The van der Waals surface area contributed by atoms with Gasteiger partial charge in [0.1, 0.15) is 0 Å². The van der Waals surface area contributed by atoms with Gasteiger partial charge >= 0.3 is 120 Å². The summed E-state index contributed by atoms with van der Waals surface area (Å²) < 4.78 is 5.38. The molecule has 29 heavy (non-hydrogen) atoms. The third-order valence-corrected chi connectivity index (χ3v) is 10.9. The van der Waals surface area contributed by atoms with Gasteiger partial charge in [-0.05, 0) is 0 Å². The van der Waals surface area contributed by atoms with Crippen molar-refractivity contribution in [2.75, 3.05) is 0 Å². The van der Waals surface area contributed by atoms with Crippen molar-refractivity contribution in [2.24, 2.45) is 0 Å². The predicted octanol–water partition coefficient (Wildman–Crippen LogP) is 1.53. The van der Waals surface area contributed by atoms with Crippen molar-refractivity contribution >= 4 is 16.5 Å². The second-order valence-electron chi connectivity index (χ2n) is 9.32. The van der Waals surface area contributed by atoms with Crippen LogP contribution in [-0.4, -0.2) is 16.5 Å². The topological polar surface area (TPSA) is 14.1 Å². The zero-order chi connectivity index (χ0) is 20.2. The molecule has 6 heteroatoms. The van der Waals surface area contributed by atoms with E-state index in [0.717, 1.165) is 0 Å². The van der Waals surface area contributed by atoms with Gasteiger partial charge < -0.3 is 29.5 Å². The van der Waals surface area contributed by atoms with Crippen LogP contribution in [0.4, 0.5) is 0 Å². The molecule has 0 saturated heterocycles. The monoisotopic (exact) mass is 497 g/mol. The van der Waals surface area contributed by atoms with Gasteiger partial charge in [0.05, 0.1) is 0 Å². The van der Waals surface area contributed by atoms with E-state index in [-0.39, 0.29) is 24.8 Å². The van der Waals surface area contributed by atoms with Crippen molar-refractivity contribution in [1.82, 2.24) is 0 Å². The summed E-state index contributed by atoms with van der Waals surface area (Å²) in [7, 11) is -2.21. The Balaban J connectivity index is 0.000000621. The zero-order valence-electron chi connectivity index (χ0n) is 18.6. The van der Waals surface area contributed by atoms with Crippen LogP contribution in [0.2, 0.25) is 43.5 Å². The maximum atomic E-state index is 4.82. The van der Waals surface area contributed by atoms with Gasteiger partial charge in [-0.25, -0.2) is 0 Å². The van der Waals surface area contributed by atoms with Crippen LogP contribution in [0, 0.1) is 0 Å². The fourth-order valence-corrected chi connectivity index (χ4v) is 12.3. The maximum Gasteiger partial charge on any atom is -0.0691 e. The minimum absolute atomic E-state index is 0. The molecule has 2 atom stereocenters. The van der Waals surface area contributed by atoms with Crippen LogP contribution >= 0.6 is 0 Å². The van der Waals surface area contributed by atoms with Gasteiger partial charge in [0.2, 0.25) is 0 Å². The number of rotatable bonds is 3. The second-order valence-corrected chi connectivity index (χ2v) is 19.8. The van der Waals surface area contributed by atoms with Gasteiger partial charge in [0.25, 0.3) is 0 Å². The molecule has 0 bridgehead atoms. The van der Waals surface area contributed by atoms with Crippen LogP contribution in [0.25, 0.3) is 4.65 Å². The van der Waals surface area contributed by atoms with Crippen molar-refractivity contribution < 1.29 is 45.2 Å². The molecular weight excluding hydrogens is 465 g/mol. The standard InChI is InChI=1S/C17H15.C6H18NSi2.2ClH.Ti/c1-13-11-15-9-5-6-10-16(17(15)12-13)14-7-3-2-4-8-14;1-8(2,3)7-9(4,5)6;;;/h2-12,16H,1H3;1-6H3;2*1H;/q;-1;;;+3/p-2. The molecule has 0 fully saturated rings. The van der Waals surface area contributed by atoms with E-state index in [0.29, 0.717) is 10.1 Å². The number of allylic oxidation sites excluding steroid dienone is 8. The molecule has 0 N–H and O–H groups in total. The van der Waals surface area contributed by atoms with Crippen LogP contribution in [0.1, 0.15) is 18.4 Å². The third-order valence-electron chi connectivity index (χ3n) is 4.34. The largest absolute Gasteiger partial charge is 1.00 e. The third kappa shape index (κ3) is 9.26. The average molecular weight is 498 g/mol. The molecule has 0 heterocycles. The van der Waals surface area contributed by atoms with Crippen LogP contribution in [0.5, 0.6) is 0 Å². The van der Waals surface area contributed by atoms with E-state index >= 15 is 0 Å². The Morgan fingerprint density at radius 3 is 1.86 bits per heavy atom. The van der Waals surface area contributed by atoms with E-state index in [2.05, 4.69) is 127 Å². The molecule has 1 aromatic carbocycles. The summed E-state index contributed by atoms with van der Waals surface area (Å²) in [4.78, 5) is 0. The Kier molecular flexibility index (Phi) is 12.0. The van der Waals surface area contributed by atoms with E-state index in [1.807, 2.05) is 0 Å². The maximum absolute atomic E-state index is 4.82. The molecular formula is C23H33Cl2NSi2Ti. The number of halogens is 2. The smallest absolute Gasteiger partial charge is 0.0691 e. The first-order valence-electron chi connectivity index (χ1n) is 9.75. The predicted molar refractivity (Wildman–Crippen MR) is 122 cm³/mol. The van der Waals surface area contributed by atoms with E-state index in [1.54, 1.807) is 0 Å². The summed E-state index contributed by atoms with van der Waals surface area (Å²) in [5.74, 6) is 0.399. The Morgan fingerprint density at radius 2 is 1.38 bits per heavy atom. The van der Waals surface area contributed by atoms with Crippen LogP contribution in [0.15, 0.2) is 77.4 Å². The molecule has 2 aliphatic rings. The van der Waals surface area contributed by atoms with Gasteiger partial charge in [-0.15, -0.1) is 0 Å². The average Bonchev–Trinajstić information content (AvgIpc) is 2.71. The van der Waals surface area contributed by atoms with E-state index in [9.17, 15) is 0 Å². The SMILES string of the molecule is CC1=CC2=C(C=CC=CC2c2ccccc2)[CH]1[Ti+3].C[Si](C)(C)[N-][Si](C)(C)C.[Cl-].[Cl-]. The summed E-state index contributed by atoms with van der Waals surface area (Å²) >= 11 is 2.30. The normalized spacial score (nSPS) is 20.5. The molecule has 2 aliphatic carbocycles. The number of hydrogen-bond acceptors (Lipinski definition) is 0. The fourth-order valence-electron chi connectivity index (χ4n) is 3.68. The molecule has 0 spiro atoms. The minimum atomic E-state index is -1.11. The fraction of sp³-hybridized carbons (Fsp3) is 0.391. The Labute approximate surface area is 204 Å². The first kappa shape index (κ1) is 28.9. The molecule has 3 rings (SSSR count). The van der Waals surface area contributed by atoms with Gasteiger partial charge in [0, 0.05) is 0 Å². The molecule has 0 saturated carbocycles. The number of nitrogens with zero attached hydrogens (tertiary/aromatic N) is 1. The number of hydrogen-bond donors (Lipinski definition) is 0. The van der Waals surface area contributed by atoms with Crippen molar-refractivity contribution in [2.45, 2.75) is 56.3 Å². The van der Waals surface area contributed by atoms with Crippen molar-refractivity contribution in [1.29, 1.82) is 0 Å². The summed E-state index contributed by atoms with van der Waals surface area (Å²) in [6, 6.07) is 10.8. The molecule has 0 aromatic heterocycles. The van der Waals surface area contributed by atoms with Crippen molar-refractivity contribution in [3.63, 3.8) is 0 Å². The number of benzene rings is 1. The van der Waals surface area contributed by atoms with E-state index in [4.69, 9.17) is 4.65 Å². The van der Waals surface area contributed by atoms with E-state index < -0.39 is 16.5 Å². The molecule has 0 aliphatic heterocycles. The molecule has 2 unspecified atom stereocenters. The summed E-state index contributed by atoms with van der Waals surface area (Å²) in [6.45, 7) is 16.0. The second kappa shape index (κ2) is 12.0. The van der Waals surface area contributed by atoms with Crippen LogP contribution in [0.3, 0.4) is 0 Å². The summed E-state index contributed by atoms with van der Waals surface area (Å²) in [6.07, 6.45) is 11.3. The molecule has 1 aromatic rings. The van der Waals surface area contributed by atoms with Gasteiger partial charge in [0.15, 0.2) is 0 Å². The molecule has 1 nitrogen and oxygen atoms in total. The van der Waals surface area contributed by atoms with Crippen molar-refractivity contribution in [3.8, 4) is 0 Å². The van der Waals surface area contributed by atoms with Gasteiger partial charge in [-0.1, -0.05) is 55.8 Å². The molecule has 0 radical (unpaired) electrons. The summed E-state index contributed by atoms with van der Waals surface area (Å²) in [5.41, 5.74) is 5.80. The Hall–Kier alpha value is -0.132. The first-order valence-corrected chi connectivity index (χ1v) is 17.5. The van der Waals surface area contributed by atoms with Crippen LogP contribution in [-0.2, 0) is 20.4 Å². The Morgan fingerprint density at radius 1 is 0.828 bits per heavy atom. The van der Waals surface area contributed by atoms with Crippen molar-refractivity contribution in [3.05, 3.63) is 87.6 Å². The minimum Gasteiger partial charge on any atom is -1.00 e. The summed E-state index contributed by atoms with van der Waals surface area (Å²) in [5, 5.41) is 0. The molecule has 0 amide bonds. The van der Waals surface area contributed by atoms with Gasteiger partial charge in [-0.3, -0.25) is 0 Å².